The van der Waals surface area contributed by atoms with Crippen LogP contribution in [0.25, 0.3) is 0 Å². The zero-order valence-electron chi connectivity index (χ0n) is 15.6. The van der Waals surface area contributed by atoms with E-state index in [0.29, 0.717) is 11.7 Å². The van der Waals surface area contributed by atoms with E-state index >= 15 is 0 Å². The number of hydrogen-bond acceptors (Lipinski definition) is 4. The Kier molecular flexibility index (Phi) is 4.46. The second-order valence-corrected chi connectivity index (χ2v) is 8.00. The molecule has 0 radical (unpaired) electrons. The fourth-order valence-corrected chi connectivity index (χ4v) is 4.98. The van der Waals surface area contributed by atoms with Crippen LogP contribution >= 0.6 is 0 Å². The lowest BCUT2D eigenvalue weighted by atomic mass is 9.80. The van der Waals surface area contributed by atoms with Gasteiger partial charge in [0.15, 0.2) is 5.78 Å². The first-order chi connectivity index (χ1) is 13.3. The van der Waals surface area contributed by atoms with Crippen molar-refractivity contribution in [3.63, 3.8) is 0 Å². The number of rotatable bonds is 4. The minimum atomic E-state index is -0.247. The Balaban J connectivity index is 1.47. The molecule has 0 spiro atoms. The van der Waals surface area contributed by atoms with Gasteiger partial charge < -0.3 is 15.0 Å². The van der Waals surface area contributed by atoms with Gasteiger partial charge in [0.25, 0.3) is 0 Å². The van der Waals surface area contributed by atoms with Crippen LogP contribution in [0.5, 0.6) is 11.5 Å². The Labute approximate surface area is 160 Å². The van der Waals surface area contributed by atoms with Gasteiger partial charge in [-0.2, -0.15) is 0 Å². The van der Waals surface area contributed by atoms with Crippen LogP contribution in [-0.4, -0.2) is 42.9 Å². The zero-order valence-corrected chi connectivity index (χ0v) is 15.6. The standard InChI is InChI=1S/C23H26N2O2/c26-23(22-16(11-12-24-22)15-25-13-5-6-14-25)21-17-7-1-3-9-19(17)27-20-10-4-2-8-18(20)21/h1-4,7-10,16,21-22,24H,5-6,11-15H2/t16-,22?/m0/s1. The van der Waals surface area contributed by atoms with Crippen molar-refractivity contribution in [1.82, 2.24) is 10.2 Å². The molecule has 0 aliphatic carbocycles. The Morgan fingerprint density at radius 1 is 1.00 bits per heavy atom. The van der Waals surface area contributed by atoms with Crippen molar-refractivity contribution in [3.05, 3.63) is 59.7 Å². The van der Waals surface area contributed by atoms with Crippen LogP contribution in [0.4, 0.5) is 0 Å². The molecule has 1 unspecified atom stereocenters. The Morgan fingerprint density at radius 3 is 2.30 bits per heavy atom. The third-order valence-corrected chi connectivity index (χ3v) is 6.31. The Hall–Kier alpha value is -2.17. The van der Waals surface area contributed by atoms with E-state index in [4.69, 9.17) is 4.74 Å². The molecule has 2 aromatic carbocycles. The molecule has 0 aromatic heterocycles. The maximum Gasteiger partial charge on any atom is 0.162 e. The molecule has 2 aromatic rings. The molecule has 3 heterocycles. The third kappa shape index (κ3) is 3.07. The van der Waals surface area contributed by atoms with Crippen LogP contribution in [0, 0.1) is 5.92 Å². The van der Waals surface area contributed by atoms with Gasteiger partial charge in [-0.25, -0.2) is 0 Å². The maximum atomic E-state index is 13.8. The molecule has 27 heavy (non-hydrogen) atoms. The van der Waals surface area contributed by atoms with E-state index in [1.807, 2.05) is 48.5 Å². The molecule has 0 bridgehead atoms. The number of hydrogen-bond donors (Lipinski definition) is 1. The first-order valence-electron chi connectivity index (χ1n) is 10.2. The van der Waals surface area contributed by atoms with Gasteiger partial charge in [0.05, 0.1) is 12.0 Å². The smallest absolute Gasteiger partial charge is 0.162 e. The summed E-state index contributed by atoms with van der Waals surface area (Å²) in [5.74, 6) is 2.06. The van der Waals surface area contributed by atoms with Crippen LogP contribution in [0.1, 0.15) is 36.3 Å². The van der Waals surface area contributed by atoms with Crippen LogP contribution in [-0.2, 0) is 4.79 Å². The normalized spacial score (nSPS) is 25.0. The summed E-state index contributed by atoms with van der Waals surface area (Å²) in [6, 6.07) is 15.9. The zero-order chi connectivity index (χ0) is 18.2. The number of Topliss-reactive ketones (excluding diaryl/α,β-unsaturated/α-hetero) is 1. The van der Waals surface area contributed by atoms with E-state index in [0.717, 1.165) is 42.1 Å². The van der Waals surface area contributed by atoms with Crippen molar-refractivity contribution >= 4 is 5.78 Å². The lowest BCUT2D eigenvalue weighted by molar-refractivity contribution is -0.122. The molecule has 2 fully saturated rings. The van der Waals surface area contributed by atoms with Gasteiger partial charge in [-0.05, 0) is 56.9 Å². The minimum absolute atomic E-state index is 0.0742. The highest BCUT2D eigenvalue weighted by Crippen LogP contribution is 2.45. The van der Waals surface area contributed by atoms with Crippen LogP contribution in [0.3, 0.4) is 0 Å². The number of likely N-dealkylation sites (tertiary alicyclic amines) is 1. The number of ether oxygens (including phenoxy) is 1. The van der Waals surface area contributed by atoms with Crippen LogP contribution in [0.15, 0.2) is 48.5 Å². The number of nitrogens with one attached hydrogen (secondary N) is 1. The predicted molar refractivity (Wildman–Crippen MR) is 105 cm³/mol. The SMILES string of the molecule is O=C(C1c2ccccc2Oc2ccccc21)C1NCC[C@H]1CN1CCCC1. The quantitative estimate of drug-likeness (QED) is 0.903. The highest BCUT2D eigenvalue weighted by Gasteiger charge is 2.41. The lowest BCUT2D eigenvalue weighted by Gasteiger charge is -2.31. The summed E-state index contributed by atoms with van der Waals surface area (Å²) in [5, 5.41) is 3.52. The number of ketones is 1. The first kappa shape index (κ1) is 17.0. The highest BCUT2D eigenvalue weighted by atomic mass is 16.5. The molecule has 4 heteroatoms. The summed E-state index contributed by atoms with van der Waals surface area (Å²) < 4.78 is 6.07. The van der Waals surface area contributed by atoms with Crippen molar-refractivity contribution in [2.24, 2.45) is 5.92 Å². The number of carbonyl (C=O) groups is 1. The third-order valence-electron chi connectivity index (χ3n) is 6.31. The molecule has 2 atom stereocenters. The van der Waals surface area contributed by atoms with Gasteiger partial charge in [0.2, 0.25) is 0 Å². The van der Waals surface area contributed by atoms with E-state index in [-0.39, 0.29) is 12.0 Å². The monoisotopic (exact) mass is 362 g/mol. The maximum absolute atomic E-state index is 13.8. The summed E-state index contributed by atoms with van der Waals surface area (Å²) in [6.07, 6.45) is 3.67. The lowest BCUT2D eigenvalue weighted by Crippen LogP contribution is -2.43. The number of benzene rings is 2. The van der Waals surface area contributed by atoms with Gasteiger partial charge in [0, 0.05) is 17.7 Å². The second kappa shape index (κ2) is 7.10. The molecular weight excluding hydrogens is 336 g/mol. The molecular formula is C23H26N2O2. The number of para-hydroxylation sites is 2. The van der Waals surface area contributed by atoms with E-state index in [9.17, 15) is 4.79 Å². The molecule has 0 amide bonds. The Bertz CT molecular complexity index is 798. The average Bonchev–Trinajstić information content (AvgIpc) is 3.38. The summed E-state index contributed by atoms with van der Waals surface area (Å²) >= 11 is 0. The van der Waals surface area contributed by atoms with Gasteiger partial charge >= 0.3 is 0 Å². The first-order valence-corrected chi connectivity index (χ1v) is 10.2. The van der Waals surface area contributed by atoms with Gasteiger partial charge in [0.1, 0.15) is 11.5 Å². The minimum Gasteiger partial charge on any atom is -0.457 e. The van der Waals surface area contributed by atoms with E-state index in [2.05, 4.69) is 10.2 Å². The van der Waals surface area contributed by atoms with E-state index < -0.39 is 0 Å². The summed E-state index contributed by atoms with van der Waals surface area (Å²) in [5.41, 5.74) is 1.99. The molecule has 4 nitrogen and oxygen atoms in total. The van der Waals surface area contributed by atoms with E-state index in [1.165, 1.54) is 25.9 Å². The number of carbonyl (C=O) groups excluding carboxylic acids is 1. The molecule has 1 N–H and O–H groups in total. The van der Waals surface area contributed by atoms with Crippen LogP contribution < -0.4 is 10.1 Å². The number of fused-ring (bicyclic) bond motifs is 2. The van der Waals surface area contributed by atoms with Gasteiger partial charge in [-0.1, -0.05) is 36.4 Å². The average molecular weight is 362 g/mol. The predicted octanol–water partition coefficient (Wildman–Crippen LogP) is 3.57. The molecule has 3 aliphatic heterocycles. The fourth-order valence-electron chi connectivity index (χ4n) is 4.98. The highest BCUT2D eigenvalue weighted by molar-refractivity contribution is 5.95. The van der Waals surface area contributed by atoms with Crippen molar-refractivity contribution in [2.45, 2.75) is 31.2 Å². The topological polar surface area (TPSA) is 41.6 Å². The molecule has 5 rings (SSSR count). The van der Waals surface area contributed by atoms with Crippen LogP contribution in [0.2, 0.25) is 0 Å². The summed E-state index contributed by atoms with van der Waals surface area (Å²) in [7, 11) is 0. The molecule has 3 aliphatic rings. The second-order valence-electron chi connectivity index (χ2n) is 8.00. The van der Waals surface area contributed by atoms with Gasteiger partial charge in [-0.15, -0.1) is 0 Å². The summed E-state index contributed by atoms with van der Waals surface area (Å²) in [6.45, 7) is 4.33. The van der Waals surface area contributed by atoms with Crippen molar-refractivity contribution in [3.8, 4) is 11.5 Å². The molecule has 0 saturated carbocycles. The van der Waals surface area contributed by atoms with Crippen molar-refractivity contribution in [2.75, 3.05) is 26.2 Å². The largest absolute Gasteiger partial charge is 0.457 e. The van der Waals surface area contributed by atoms with Crippen molar-refractivity contribution in [1.29, 1.82) is 0 Å². The molecule has 140 valence electrons. The fraction of sp³-hybridized carbons (Fsp3) is 0.435. The van der Waals surface area contributed by atoms with Gasteiger partial charge in [-0.3, -0.25) is 4.79 Å². The molecule has 2 saturated heterocycles. The van der Waals surface area contributed by atoms with E-state index in [1.54, 1.807) is 0 Å². The number of nitrogens with zero attached hydrogens (tertiary/aromatic N) is 1. The summed E-state index contributed by atoms with van der Waals surface area (Å²) in [4.78, 5) is 16.3. The van der Waals surface area contributed by atoms with Crippen molar-refractivity contribution < 1.29 is 9.53 Å². The Morgan fingerprint density at radius 2 is 1.63 bits per heavy atom.